The topological polar surface area (TPSA) is 98.6 Å². The van der Waals surface area contributed by atoms with Gasteiger partial charge in [0.15, 0.2) is 17.0 Å². The van der Waals surface area contributed by atoms with Gasteiger partial charge in [0.2, 0.25) is 0 Å². The van der Waals surface area contributed by atoms with Gasteiger partial charge in [0, 0.05) is 49.1 Å². The Morgan fingerprint density at radius 1 is 1.05 bits per heavy atom. The van der Waals surface area contributed by atoms with Gasteiger partial charge in [-0.25, -0.2) is 12.9 Å². The summed E-state index contributed by atoms with van der Waals surface area (Å²) in [5.41, 5.74) is -0.363. The van der Waals surface area contributed by atoms with E-state index in [0.29, 0.717) is 23.6 Å². The molecule has 5 rings (SSSR count). The molecule has 1 aliphatic heterocycles. The largest absolute Gasteiger partial charge is 0.497 e. The predicted octanol–water partition coefficient (Wildman–Crippen LogP) is 4.52. The molecule has 0 bridgehead atoms. The van der Waals surface area contributed by atoms with Gasteiger partial charge in [-0.3, -0.25) is 14.1 Å². The maximum absolute atomic E-state index is 15.6. The third kappa shape index (κ3) is 5.79. The first-order valence-electron chi connectivity index (χ1n) is 12.2. The molecule has 0 aliphatic carbocycles. The first kappa shape index (κ1) is 28.2. The first-order chi connectivity index (χ1) is 19.6. The van der Waals surface area contributed by atoms with Crippen LogP contribution in [0.2, 0.25) is 0 Å². The molecule has 1 unspecified atom stereocenters. The zero-order valence-electron chi connectivity index (χ0n) is 21.7. The smallest absolute Gasteiger partial charge is 0.416 e. The summed E-state index contributed by atoms with van der Waals surface area (Å²) >= 11 is -1.65. The number of hydrogen-bond acceptors (Lipinski definition) is 6. The fourth-order valence-electron chi connectivity index (χ4n) is 4.59. The van der Waals surface area contributed by atoms with Gasteiger partial charge in [-0.2, -0.15) is 18.3 Å². The van der Waals surface area contributed by atoms with E-state index in [1.807, 2.05) is 0 Å². The van der Waals surface area contributed by atoms with Crippen LogP contribution in [0.25, 0.3) is 16.8 Å². The summed E-state index contributed by atoms with van der Waals surface area (Å²) in [6, 6.07) is 11.4. The zero-order valence-corrected chi connectivity index (χ0v) is 22.6. The maximum Gasteiger partial charge on any atom is 0.416 e. The summed E-state index contributed by atoms with van der Waals surface area (Å²) in [5, 5.41) is 7.61. The van der Waals surface area contributed by atoms with Gasteiger partial charge in [0.25, 0.3) is 5.56 Å². The van der Waals surface area contributed by atoms with Crippen LogP contribution in [0.4, 0.5) is 23.4 Å². The fourth-order valence-corrected chi connectivity index (χ4v) is 5.52. The van der Waals surface area contributed by atoms with Crippen molar-refractivity contribution in [3.05, 3.63) is 93.8 Å². The molecule has 0 saturated carbocycles. The van der Waals surface area contributed by atoms with E-state index in [9.17, 15) is 22.2 Å². The van der Waals surface area contributed by atoms with Crippen LogP contribution in [0.5, 0.6) is 11.5 Å². The molecule has 4 aromatic rings. The van der Waals surface area contributed by atoms with Crippen LogP contribution in [0, 0.1) is 5.82 Å². The highest BCUT2D eigenvalue weighted by molar-refractivity contribution is 7.84. The number of ether oxygens (including phenoxy) is 2. The van der Waals surface area contributed by atoms with Crippen molar-refractivity contribution >= 4 is 17.0 Å². The van der Waals surface area contributed by atoms with E-state index in [1.165, 1.54) is 43.2 Å². The van der Waals surface area contributed by atoms with E-state index in [-0.39, 0.29) is 41.3 Å². The van der Waals surface area contributed by atoms with E-state index < -0.39 is 34.3 Å². The average Bonchev–Trinajstić information content (AvgIpc) is 2.96. The number of aromatic nitrogens is 3. The second-order valence-electron chi connectivity index (χ2n) is 9.00. The molecule has 9 nitrogen and oxygen atoms in total. The Morgan fingerprint density at radius 3 is 2.54 bits per heavy atom. The van der Waals surface area contributed by atoms with Crippen molar-refractivity contribution in [2.24, 2.45) is 0 Å². The Hall–Kier alpha value is -4.30. The number of anilines is 1. The van der Waals surface area contributed by atoms with Crippen molar-refractivity contribution < 1.29 is 31.2 Å². The van der Waals surface area contributed by atoms with Crippen molar-refractivity contribution in [2.45, 2.75) is 19.1 Å². The molecular formula is C27H23F4N5O4S. The third-order valence-electron chi connectivity index (χ3n) is 6.52. The molecule has 214 valence electrons. The second kappa shape index (κ2) is 11.3. The molecule has 2 aromatic carbocycles. The number of fused-ring (bicyclic) bond motifs is 1. The third-order valence-corrected chi connectivity index (χ3v) is 7.69. The number of hydrogen-bond donors (Lipinski definition) is 1. The highest BCUT2D eigenvalue weighted by Gasteiger charge is 2.32. The molecule has 1 atom stereocenters. The van der Waals surface area contributed by atoms with Gasteiger partial charge in [0.1, 0.15) is 17.3 Å². The van der Waals surface area contributed by atoms with Crippen LogP contribution in [0.1, 0.15) is 16.8 Å². The van der Waals surface area contributed by atoms with Gasteiger partial charge in [-0.1, -0.05) is 6.07 Å². The van der Waals surface area contributed by atoms with E-state index in [1.54, 1.807) is 22.5 Å². The number of pyridine rings is 1. The van der Waals surface area contributed by atoms with E-state index in [4.69, 9.17) is 9.47 Å². The minimum atomic E-state index is -4.68. The van der Waals surface area contributed by atoms with E-state index in [0.717, 1.165) is 18.2 Å². The highest BCUT2D eigenvalue weighted by atomic mass is 32.2. The Labute approximate surface area is 234 Å². The summed E-state index contributed by atoms with van der Waals surface area (Å²) in [6.07, 6.45) is -2.90. The summed E-state index contributed by atoms with van der Waals surface area (Å²) in [4.78, 5) is 13.1. The molecule has 0 spiro atoms. The van der Waals surface area contributed by atoms with Gasteiger partial charge in [-0.05, 0) is 47.5 Å². The maximum atomic E-state index is 15.6. The highest BCUT2D eigenvalue weighted by Crippen LogP contribution is 2.39. The summed E-state index contributed by atoms with van der Waals surface area (Å²) < 4.78 is 85.1. The summed E-state index contributed by atoms with van der Waals surface area (Å²) in [5.74, 6) is -0.552. The molecule has 0 fully saturated rings. The number of nitrogens with zero attached hydrogens (tertiary/aromatic N) is 4. The molecule has 2 aromatic heterocycles. The lowest BCUT2D eigenvalue weighted by atomic mass is 10.00. The average molecular weight is 590 g/mol. The molecule has 1 N–H and O–H groups in total. The fraction of sp³-hybridized carbons (Fsp3) is 0.222. The molecular weight excluding hydrogens is 566 g/mol. The number of halogens is 4. The lowest BCUT2D eigenvalue weighted by Gasteiger charge is -2.29. The van der Waals surface area contributed by atoms with Crippen LogP contribution in [0.3, 0.4) is 0 Å². The lowest BCUT2D eigenvalue weighted by molar-refractivity contribution is -0.137. The van der Waals surface area contributed by atoms with E-state index in [2.05, 4.69) is 14.9 Å². The van der Waals surface area contributed by atoms with Crippen LogP contribution >= 0.6 is 0 Å². The Kier molecular flexibility index (Phi) is 7.78. The molecule has 0 radical (unpaired) electrons. The SMILES string of the molecule is COc1cc(-c2cc(OC)c(-n3c4c(ccc3=O)CN(S(=O)Nc3cccnn3)CC4)cc2F)cc(C(F)(F)F)c1. The van der Waals surface area contributed by atoms with Crippen LogP contribution < -0.4 is 19.8 Å². The van der Waals surface area contributed by atoms with Gasteiger partial charge in [0.05, 0.1) is 25.5 Å². The van der Waals surface area contributed by atoms with Crippen LogP contribution in [-0.4, -0.2) is 44.0 Å². The Morgan fingerprint density at radius 2 is 1.85 bits per heavy atom. The minimum Gasteiger partial charge on any atom is -0.497 e. The van der Waals surface area contributed by atoms with Gasteiger partial charge < -0.3 is 9.47 Å². The number of nitrogens with one attached hydrogen (secondary N) is 1. The Bertz CT molecular complexity index is 1680. The van der Waals surface area contributed by atoms with E-state index >= 15 is 4.39 Å². The standard InChI is InChI=1S/C27H23F4N5O4S/c1-39-19-11-17(10-18(12-19)27(29,30)31)20-13-24(40-2)23(14-21(20)28)36-22-7-9-35(15-16(22)5-6-26(36)37)41(38)34-25-4-3-8-32-33-25/h3-6,8,10-14H,7,9,15H2,1-2H3,(H,33,34). The Balaban J connectivity index is 1.53. The normalized spacial score (nSPS) is 14.3. The summed E-state index contributed by atoms with van der Waals surface area (Å²) in [7, 11) is 2.53. The first-order valence-corrected chi connectivity index (χ1v) is 13.3. The second-order valence-corrected chi connectivity index (χ2v) is 10.2. The molecule has 0 amide bonds. The summed E-state index contributed by atoms with van der Waals surface area (Å²) in [6.45, 7) is 0.506. The van der Waals surface area contributed by atoms with Crippen molar-refractivity contribution in [1.29, 1.82) is 0 Å². The van der Waals surface area contributed by atoms with Crippen molar-refractivity contribution in [3.63, 3.8) is 0 Å². The number of methoxy groups -OCH3 is 2. The van der Waals surface area contributed by atoms with Crippen LogP contribution in [0.15, 0.2) is 65.6 Å². The predicted molar refractivity (Wildman–Crippen MR) is 143 cm³/mol. The molecule has 41 heavy (non-hydrogen) atoms. The zero-order chi connectivity index (χ0) is 29.3. The monoisotopic (exact) mass is 589 g/mol. The van der Waals surface area contributed by atoms with Gasteiger partial charge in [-0.15, -0.1) is 5.10 Å². The van der Waals surface area contributed by atoms with Gasteiger partial charge >= 0.3 is 6.18 Å². The number of rotatable bonds is 7. The number of alkyl halides is 3. The molecule has 1 aliphatic rings. The lowest BCUT2D eigenvalue weighted by Crippen LogP contribution is -2.38. The van der Waals surface area contributed by atoms with Crippen molar-refractivity contribution in [1.82, 2.24) is 19.1 Å². The number of benzene rings is 2. The van der Waals surface area contributed by atoms with Crippen molar-refractivity contribution in [3.8, 4) is 28.3 Å². The quantitative estimate of drug-likeness (QED) is 0.319. The molecule has 3 heterocycles. The minimum absolute atomic E-state index is 0.0728. The molecule has 14 heteroatoms. The van der Waals surface area contributed by atoms with Crippen molar-refractivity contribution in [2.75, 3.05) is 25.5 Å². The van der Waals surface area contributed by atoms with Crippen LogP contribution in [-0.2, 0) is 30.3 Å². The molecule has 0 saturated heterocycles.